The SMILES string of the molecule is CCC(C)CC(C)NC(=O)c1cc(F)c(F)c(F)c1. The summed E-state index contributed by atoms with van der Waals surface area (Å²) in [5.74, 6) is -4.45. The van der Waals surface area contributed by atoms with Crippen LogP contribution in [0, 0.1) is 23.4 Å². The Hall–Kier alpha value is -1.52. The van der Waals surface area contributed by atoms with E-state index in [1.54, 1.807) is 0 Å². The van der Waals surface area contributed by atoms with Gasteiger partial charge in [0.2, 0.25) is 0 Å². The minimum absolute atomic E-state index is 0.112. The highest BCUT2D eigenvalue weighted by molar-refractivity contribution is 5.94. The Kier molecular flexibility index (Phi) is 5.39. The van der Waals surface area contributed by atoms with E-state index in [0.29, 0.717) is 18.1 Å². The number of carbonyl (C=O) groups excluding carboxylic acids is 1. The minimum atomic E-state index is -1.57. The zero-order chi connectivity index (χ0) is 14.6. The van der Waals surface area contributed by atoms with Gasteiger partial charge in [0.05, 0.1) is 0 Å². The van der Waals surface area contributed by atoms with Gasteiger partial charge in [0, 0.05) is 11.6 Å². The number of amides is 1. The molecule has 0 bridgehead atoms. The molecule has 0 aromatic heterocycles. The first-order valence-electron chi connectivity index (χ1n) is 6.30. The summed E-state index contributed by atoms with van der Waals surface area (Å²) in [4.78, 5) is 11.8. The normalized spacial score (nSPS) is 14.0. The number of halogens is 3. The molecule has 2 nitrogen and oxygen atoms in total. The molecule has 1 N–H and O–H groups in total. The smallest absolute Gasteiger partial charge is 0.251 e. The van der Waals surface area contributed by atoms with Crippen LogP contribution in [0.25, 0.3) is 0 Å². The van der Waals surface area contributed by atoms with Crippen LogP contribution in [-0.4, -0.2) is 11.9 Å². The summed E-state index contributed by atoms with van der Waals surface area (Å²) < 4.78 is 38.8. The molecule has 1 aromatic carbocycles. The fourth-order valence-corrected chi connectivity index (χ4v) is 1.82. The Morgan fingerprint density at radius 3 is 2.21 bits per heavy atom. The molecule has 106 valence electrons. The third kappa shape index (κ3) is 4.26. The lowest BCUT2D eigenvalue weighted by Gasteiger charge is -2.17. The van der Waals surface area contributed by atoms with Crippen LogP contribution < -0.4 is 5.32 Å². The third-order valence-electron chi connectivity index (χ3n) is 3.08. The summed E-state index contributed by atoms with van der Waals surface area (Å²) >= 11 is 0. The lowest BCUT2D eigenvalue weighted by atomic mass is 10.00. The van der Waals surface area contributed by atoms with Crippen LogP contribution in [0.3, 0.4) is 0 Å². The molecule has 2 atom stereocenters. The van der Waals surface area contributed by atoms with Crippen molar-refractivity contribution in [2.45, 2.75) is 39.7 Å². The molecule has 0 aliphatic heterocycles. The lowest BCUT2D eigenvalue weighted by Crippen LogP contribution is -2.33. The van der Waals surface area contributed by atoms with E-state index in [1.807, 2.05) is 13.8 Å². The van der Waals surface area contributed by atoms with Gasteiger partial charge >= 0.3 is 0 Å². The molecule has 0 fully saturated rings. The van der Waals surface area contributed by atoms with E-state index >= 15 is 0 Å². The summed E-state index contributed by atoms with van der Waals surface area (Å²) in [7, 11) is 0. The molecule has 0 spiro atoms. The minimum Gasteiger partial charge on any atom is -0.350 e. The molecule has 1 amide bonds. The average molecular weight is 273 g/mol. The van der Waals surface area contributed by atoms with Gasteiger partial charge in [-0.2, -0.15) is 0 Å². The Labute approximate surface area is 111 Å². The maximum absolute atomic E-state index is 13.0. The van der Waals surface area contributed by atoms with E-state index in [-0.39, 0.29) is 11.6 Å². The van der Waals surface area contributed by atoms with Crippen molar-refractivity contribution in [3.8, 4) is 0 Å². The second kappa shape index (κ2) is 6.59. The van der Waals surface area contributed by atoms with E-state index < -0.39 is 23.4 Å². The summed E-state index contributed by atoms with van der Waals surface area (Å²) in [6, 6.07) is 1.28. The van der Waals surface area contributed by atoms with Crippen LogP contribution >= 0.6 is 0 Å². The maximum Gasteiger partial charge on any atom is 0.251 e. The van der Waals surface area contributed by atoms with Gasteiger partial charge in [0.1, 0.15) is 0 Å². The van der Waals surface area contributed by atoms with Gasteiger partial charge < -0.3 is 5.32 Å². The Morgan fingerprint density at radius 1 is 1.21 bits per heavy atom. The summed E-state index contributed by atoms with van der Waals surface area (Å²) in [6.07, 6.45) is 1.76. The molecule has 0 saturated carbocycles. The molecule has 19 heavy (non-hydrogen) atoms. The van der Waals surface area contributed by atoms with Crippen molar-refractivity contribution >= 4 is 5.91 Å². The van der Waals surface area contributed by atoms with Crippen LogP contribution in [0.15, 0.2) is 12.1 Å². The standard InChI is InChI=1S/C14H18F3NO/c1-4-8(2)5-9(3)18-14(19)10-6-11(15)13(17)12(16)7-10/h6-9H,4-5H2,1-3H3,(H,18,19). The molecular weight excluding hydrogens is 255 g/mol. The molecule has 0 aliphatic carbocycles. The zero-order valence-corrected chi connectivity index (χ0v) is 11.3. The average Bonchev–Trinajstić information content (AvgIpc) is 2.34. The van der Waals surface area contributed by atoms with Crippen LogP contribution in [0.5, 0.6) is 0 Å². The fourth-order valence-electron chi connectivity index (χ4n) is 1.82. The number of benzene rings is 1. The van der Waals surface area contributed by atoms with Gasteiger partial charge in [-0.25, -0.2) is 13.2 Å². The van der Waals surface area contributed by atoms with E-state index in [9.17, 15) is 18.0 Å². The van der Waals surface area contributed by atoms with Crippen molar-refractivity contribution in [1.82, 2.24) is 5.32 Å². The van der Waals surface area contributed by atoms with Crippen LogP contribution in [0.1, 0.15) is 44.0 Å². The predicted molar refractivity (Wildman–Crippen MR) is 67.3 cm³/mol. The molecule has 2 unspecified atom stereocenters. The van der Waals surface area contributed by atoms with Crippen molar-refractivity contribution in [3.63, 3.8) is 0 Å². The Bertz CT molecular complexity index is 439. The van der Waals surface area contributed by atoms with Gasteiger partial charge in [-0.05, 0) is 31.4 Å². The van der Waals surface area contributed by atoms with Gasteiger partial charge in [0.25, 0.3) is 5.91 Å². The third-order valence-corrected chi connectivity index (χ3v) is 3.08. The van der Waals surface area contributed by atoms with E-state index in [2.05, 4.69) is 12.2 Å². The van der Waals surface area contributed by atoms with Gasteiger partial charge in [-0.3, -0.25) is 4.79 Å². The number of rotatable bonds is 5. The monoisotopic (exact) mass is 273 g/mol. The van der Waals surface area contributed by atoms with Crippen molar-refractivity contribution in [1.29, 1.82) is 0 Å². The van der Waals surface area contributed by atoms with Crippen molar-refractivity contribution in [2.75, 3.05) is 0 Å². The maximum atomic E-state index is 13.0. The molecule has 0 saturated heterocycles. The highest BCUT2D eigenvalue weighted by atomic mass is 19.2. The van der Waals surface area contributed by atoms with Crippen LogP contribution in [0.4, 0.5) is 13.2 Å². The largest absolute Gasteiger partial charge is 0.350 e. The number of nitrogens with one attached hydrogen (secondary N) is 1. The first kappa shape index (κ1) is 15.5. The molecule has 0 radical (unpaired) electrons. The molecular formula is C14H18F3NO. The second-order valence-electron chi connectivity index (χ2n) is 4.88. The van der Waals surface area contributed by atoms with Crippen LogP contribution in [-0.2, 0) is 0 Å². The van der Waals surface area contributed by atoms with Crippen molar-refractivity contribution in [3.05, 3.63) is 35.1 Å². The Morgan fingerprint density at radius 2 is 1.74 bits per heavy atom. The summed E-state index contributed by atoms with van der Waals surface area (Å²) in [6.45, 7) is 5.92. The lowest BCUT2D eigenvalue weighted by molar-refractivity contribution is 0.0934. The second-order valence-corrected chi connectivity index (χ2v) is 4.88. The number of hydrogen-bond acceptors (Lipinski definition) is 1. The molecule has 1 rings (SSSR count). The topological polar surface area (TPSA) is 29.1 Å². The van der Waals surface area contributed by atoms with Gasteiger partial charge in [-0.15, -0.1) is 0 Å². The first-order valence-corrected chi connectivity index (χ1v) is 6.30. The highest BCUT2D eigenvalue weighted by Gasteiger charge is 2.17. The molecule has 0 heterocycles. The van der Waals surface area contributed by atoms with Crippen molar-refractivity contribution in [2.24, 2.45) is 5.92 Å². The quantitative estimate of drug-likeness (QED) is 0.815. The molecule has 1 aromatic rings. The fraction of sp³-hybridized carbons (Fsp3) is 0.500. The van der Waals surface area contributed by atoms with Gasteiger partial charge in [-0.1, -0.05) is 20.3 Å². The van der Waals surface area contributed by atoms with Gasteiger partial charge in [0.15, 0.2) is 17.5 Å². The van der Waals surface area contributed by atoms with Crippen molar-refractivity contribution < 1.29 is 18.0 Å². The predicted octanol–water partition coefficient (Wildman–Crippen LogP) is 3.66. The summed E-state index contributed by atoms with van der Waals surface area (Å²) in [5, 5.41) is 2.64. The van der Waals surface area contributed by atoms with E-state index in [1.165, 1.54) is 0 Å². The van der Waals surface area contributed by atoms with E-state index in [4.69, 9.17) is 0 Å². The van der Waals surface area contributed by atoms with E-state index in [0.717, 1.165) is 12.8 Å². The zero-order valence-electron chi connectivity index (χ0n) is 11.3. The Balaban J connectivity index is 2.73. The summed E-state index contributed by atoms with van der Waals surface area (Å²) in [5.41, 5.74) is -0.215. The number of hydrogen-bond donors (Lipinski definition) is 1. The number of carbonyl (C=O) groups is 1. The van der Waals surface area contributed by atoms with Crippen LogP contribution in [0.2, 0.25) is 0 Å². The highest BCUT2D eigenvalue weighted by Crippen LogP contribution is 2.14. The first-order chi connectivity index (χ1) is 8.85. The molecule has 5 heteroatoms. The molecule has 0 aliphatic rings.